The first kappa shape index (κ1) is 13.3. The van der Waals surface area contributed by atoms with Crippen molar-refractivity contribution in [1.82, 2.24) is 14.8 Å². The maximum atomic E-state index is 13.6. The van der Waals surface area contributed by atoms with Crippen LogP contribution in [-0.4, -0.2) is 21.3 Å². The van der Waals surface area contributed by atoms with Crippen LogP contribution in [-0.2, 0) is 7.05 Å². The Morgan fingerprint density at radius 2 is 2.00 bits per heavy atom. The molecular weight excluding hydrogens is 252 g/mol. The molecule has 0 amide bonds. The molecular formula is C12H15F2N5. The molecule has 0 aromatic carbocycles. The summed E-state index contributed by atoms with van der Waals surface area (Å²) in [4.78, 5) is 3.89. The van der Waals surface area contributed by atoms with Crippen molar-refractivity contribution in [2.24, 2.45) is 7.05 Å². The third-order valence-corrected chi connectivity index (χ3v) is 2.43. The Labute approximate surface area is 109 Å². The minimum Gasteiger partial charge on any atom is -0.368 e. The molecule has 0 aliphatic carbocycles. The van der Waals surface area contributed by atoms with Crippen LogP contribution in [0.5, 0.6) is 0 Å². The molecule has 2 heterocycles. The number of aryl methyl sites for hydroxylation is 1. The Morgan fingerprint density at radius 1 is 1.26 bits per heavy atom. The fourth-order valence-electron chi connectivity index (χ4n) is 1.52. The lowest BCUT2D eigenvalue weighted by atomic mass is 10.3. The van der Waals surface area contributed by atoms with E-state index in [1.807, 2.05) is 6.92 Å². The van der Waals surface area contributed by atoms with Crippen LogP contribution in [0.25, 0.3) is 0 Å². The van der Waals surface area contributed by atoms with Gasteiger partial charge in [0, 0.05) is 31.9 Å². The fraction of sp³-hybridized carbons (Fsp3) is 0.333. The van der Waals surface area contributed by atoms with Crippen LogP contribution >= 0.6 is 0 Å². The summed E-state index contributed by atoms with van der Waals surface area (Å²) in [5.74, 6) is -1.05. The number of anilines is 3. The highest BCUT2D eigenvalue weighted by Gasteiger charge is 2.12. The number of rotatable bonds is 5. The SMILES string of the molecule is CCCNc1nc(Nc2ccn(C)n2)c(F)cc1F. The van der Waals surface area contributed by atoms with Crippen molar-refractivity contribution in [3.05, 3.63) is 30.0 Å². The quantitative estimate of drug-likeness (QED) is 0.874. The Bertz CT molecular complexity index is 567. The maximum Gasteiger partial charge on any atom is 0.170 e. The number of nitrogens with zero attached hydrogens (tertiary/aromatic N) is 3. The van der Waals surface area contributed by atoms with Crippen molar-refractivity contribution in [2.45, 2.75) is 13.3 Å². The second kappa shape index (κ2) is 5.64. The Morgan fingerprint density at radius 3 is 2.63 bits per heavy atom. The third kappa shape index (κ3) is 3.18. The smallest absolute Gasteiger partial charge is 0.170 e. The largest absolute Gasteiger partial charge is 0.368 e. The van der Waals surface area contributed by atoms with E-state index in [0.29, 0.717) is 12.4 Å². The molecule has 0 atom stereocenters. The highest BCUT2D eigenvalue weighted by atomic mass is 19.1. The zero-order valence-electron chi connectivity index (χ0n) is 10.7. The monoisotopic (exact) mass is 267 g/mol. The van der Waals surface area contributed by atoms with Crippen LogP contribution in [0.1, 0.15) is 13.3 Å². The van der Waals surface area contributed by atoms with E-state index in [1.54, 1.807) is 24.0 Å². The lowest BCUT2D eigenvalue weighted by Gasteiger charge is -2.09. The van der Waals surface area contributed by atoms with E-state index in [0.717, 1.165) is 12.5 Å². The number of aromatic nitrogens is 3. The summed E-state index contributed by atoms with van der Waals surface area (Å²) in [5, 5.41) is 9.56. The topological polar surface area (TPSA) is 54.8 Å². The van der Waals surface area contributed by atoms with Crippen LogP contribution in [0.3, 0.4) is 0 Å². The van der Waals surface area contributed by atoms with E-state index in [4.69, 9.17) is 0 Å². The molecule has 2 aromatic rings. The second-order valence-corrected chi connectivity index (χ2v) is 4.08. The zero-order chi connectivity index (χ0) is 13.8. The van der Waals surface area contributed by atoms with Crippen molar-refractivity contribution in [2.75, 3.05) is 17.2 Å². The highest BCUT2D eigenvalue weighted by Crippen LogP contribution is 2.21. The van der Waals surface area contributed by atoms with E-state index in [2.05, 4.69) is 20.7 Å². The van der Waals surface area contributed by atoms with E-state index in [-0.39, 0.29) is 11.6 Å². The minimum atomic E-state index is -0.759. The predicted molar refractivity (Wildman–Crippen MR) is 69.4 cm³/mol. The first-order valence-corrected chi connectivity index (χ1v) is 5.96. The molecule has 2 N–H and O–H groups in total. The van der Waals surface area contributed by atoms with Gasteiger partial charge in [-0.1, -0.05) is 6.92 Å². The molecule has 0 bridgehead atoms. The van der Waals surface area contributed by atoms with E-state index in [9.17, 15) is 8.78 Å². The van der Waals surface area contributed by atoms with Gasteiger partial charge in [-0.05, 0) is 6.42 Å². The molecule has 2 aromatic heterocycles. The second-order valence-electron chi connectivity index (χ2n) is 4.08. The normalized spacial score (nSPS) is 10.5. The van der Waals surface area contributed by atoms with Gasteiger partial charge in [0.15, 0.2) is 29.1 Å². The van der Waals surface area contributed by atoms with Gasteiger partial charge < -0.3 is 10.6 Å². The Kier molecular flexibility index (Phi) is 3.94. The van der Waals surface area contributed by atoms with Crippen LogP contribution in [0, 0.1) is 11.6 Å². The average molecular weight is 267 g/mol. The molecule has 102 valence electrons. The number of hydrogen-bond acceptors (Lipinski definition) is 4. The number of hydrogen-bond donors (Lipinski definition) is 2. The van der Waals surface area contributed by atoms with Crippen LogP contribution in [0.4, 0.5) is 26.2 Å². The maximum absolute atomic E-state index is 13.6. The van der Waals surface area contributed by atoms with E-state index >= 15 is 0 Å². The molecule has 0 saturated carbocycles. The Hall–Kier alpha value is -2.18. The molecule has 19 heavy (non-hydrogen) atoms. The van der Waals surface area contributed by atoms with E-state index < -0.39 is 11.6 Å². The first-order chi connectivity index (χ1) is 9.10. The lowest BCUT2D eigenvalue weighted by Crippen LogP contribution is -2.08. The van der Waals surface area contributed by atoms with Crippen molar-refractivity contribution in [3.8, 4) is 0 Å². The van der Waals surface area contributed by atoms with Gasteiger partial charge in [-0.2, -0.15) is 5.10 Å². The van der Waals surface area contributed by atoms with Crippen LogP contribution in [0.2, 0.25) is 0 Å². The van der Waals surface area contributed by atoms with Gasteiger partial charge in [0.2, 0.25) is 0 Å². The predicted octanol–water partition coefficient (Wildman–Crippen LogP) is 2.66. The van der Waals surface area contributed by atoms with Gasteiger partial charge in [0.25, 0.3) is 0 Å². The van der Waals surface area contributed by atoms with Crippen molar-refractivity contribution < 1.29 is 8.78 Å². The molecule has 0 saturated heterocycles. The molecule has 0 fully saturated rings. The van der Waals surface area contributed by atoms with Crippen LogP contribution < -0.4 is 10.6 Å². The number of halogens is 2. The van der Waals surface area contributed by atoms with Crippen LogP contribution in [0.15, 0.2) is 18.3 Å². The molecule has 2 rings (SSSR count). The summed E-state index contributed by atoms with van der Waals surface area (Å²) >= 11 is 0. The minimum absolute atomic E-state index is 0.0293. The standard InChI is InChI=1S/C12H15F2N5/c1-3-5-15-11-8(13)7-9(14)12(17-11)16-10-4-6-19(2)18-10/h4,6-7H,3,5H2,1-2H3,(H2,15,16,17,18). The van der Waals surface area contributed by atoms with Gasteiger partial charge in [-0.15, -0.1) is 0 Å². The van der Waals surface area contributed by atoms with Gasteiger partial charge in [-0.25, -0.2) is 13.8 Å². The van der Waals surface area contributed by atoms with Crippen molar-refractivity contribution >= 4 is 17.5 Å². The molecule has 5 nitrogen and oxygen atoms in total. The third-order valence-electron chi connectivity index (χ3n) is 2.43. The molecule has 0 aliphatic heterocycles. The number of pyridine rings is 1. The van der Waals surface area contributed by atoms with Gasteiger partial charge in [0.1, 0.15) is 0 Å². The molecule has 0 radical (unpaired) electrons. The summed E-state index contributed by atoms with van der Waals surface area (Å²) in [6.45, 7) is 2.51. The summed E-state index contributed by atoms with van der Waals surface area (Å²) in [6, 6.07) is 2.47. The number of nitrogens with one attached hydrogen (secondary N) is 2. The van der Waals surface area contributed by atoms with Gasteiger partial charge in [0.05, 0.1) is 0 Å². The average Bonchev–Trinajstić information content (AvgIpc) is 2.77. The first-order valence-electron chi connectivity index (χ1n) is 5.96. The zero-order valence-corrected chi connectivity index (χ0v) is 10.7. The molecule has 0 unspecified atom stereocenters. The van der Waals surface area contributed by atoms with Gasteiger partial charge in [-0.3, -0.25) is 4.68 Å². The highest BCUT2D eigenvalue weighted by molar-refractivity contribution is 5.55. The lowest BCUT2D eigenvalue weighted by molar-refractivity contribution is 0.579. The molecule has 7 heteroatoms. The summed E-state index contributed by atoms with van der Waals surface area (Å²) in [5.41, 5.74) is 0. The van der Waals surface area contributed by atoms with Crippen molar-refractivity contribution in [1.29, 1.82) is 0 Å². The Balaban J connectivity index is 2.24. The molecule has 0 aliphatic rings. The van der Waals surface area contributed by atoms with E-state index in [1.165, 1.54) is 0 Å². The fourth-order valence-corrected chi connectivity index (χ4v) is 1.52. The van der Waals surface area contributed by atoms with Gasteiger partial charge >= 0.3 is 0 Å². The molecule has 0 spiro atoms. The summed E-state index contributed by atoms with van der Waals surface area (Å²) in [7, 11) is 1.74. The van der Waals surface area contributed by atoms with Crippen molar-refractivity contribution in [3.63, 3.8) is 0 Å². The summed E-state index contributed by atoms with van der Waals surface area (Å²) in [6.07, 6.45) is 2.53. The summed E-state index contributed by atoms with van der Waals surface area (Å²) < 4.78 is 28.7.